The normalized spacial score (nSPS) is 31.4. The van der Waals surface area contributed by atoms with E-state index in [0.717, 1.165) is 18.3 Å². The van der Waals surface area contributed by atoms with Gasteiger partial charge in [0.1, 0.15) is 11.5 Å². The van der Waals surface area contributed by atoms with Crippen LogP contribution < -0.4 is 14.8 Å². The smallest absolute Gasteiger partial charge is 0.225 e. The number of hydrogen-bond acceptors (Lipinski definition) is 3. The average molecular weight is 406 g/mol. The standard InChI is InChI=1S/C26H31NO3/c1-29-21-8-9-23(30-2)22(11-21)27-24(28)16-25-12-18-10-19(13-25)15-26(14-18,17-25)20-6-4-3-5-7-20/h3-9,11,18-19H,10,12-17H2,1-2H3,(H,27,28). The van der Waals surface area contributed by atoms with Gasteiger partial charge in [-0.3, -0.25) is 4.79 Å². The van der Waals surface area contributed by atoms with E-state index in [-0.39, 0.29) is 16.7 Å². The van der Waals surface area contributed by atoms with Crippen LogP contribution in [0.25, 0.3) is 0 Å². The lowest BCUT2D eigenvalue weighted by molar-refractivity contribution is -0.126. The van der Waals surface area contributed by atoms with Crippen LogP contribution in [0, 0.1) is 17.3 Å². The van der Waals surface area contributed by atoms with Crippen molar-refractivity contribution in [1.29, 1.82) is 0 Å². The van der Waals surface area contributed by atoms with Crippen LogP contribution in [0.1, 0.15) is 50.5 Å². The first-order valence-electron chi connectivity index (χ1n) is 11.1. The van der Waals surface area contributed by atoms with E-state index in [0.29, 0.717) is 23.6 Å². The molecule has 6 rings (SSSR count). The SMILES string of the molecule is COc1ccc(OC)c(NC(=O)CC23CC4CC(C2)CC(c2ccccc2)(C4)C3)c1. The predicted octanol–water partition coefficient (Wildman–Crippen LogP) is 5.57. The zero-order valence-corrected chi connectivity index (χ0v) is 17.9. The van der Waals surface area contributed by atoms with Gasteiger partial charge >= 0.3 is 0 Å². The number of anilines is 1. The highest BCUT2D eigenvalue weighted by Gasteiger charge is 2.58. The molecule has 4 nitrogen and oxygen atoms in total. The summed E-state index contributed by atoms with van der Waals surface area (Å²) >= 11 is 0. The Labute approximate surface area is 179 Å². The van der Waals surface area contributed by atoms with Crippen molar-refractivity contribution >= 4 is 11.6 Å². The second-order valence-electron chi connectivity index (χ2n) is 9.90. The molecule has 0 aliphatic heterocycles. The molecule has 0 saturated heterocycles. The zero-order valence-electron chi connectivity index (χ0n) is 17.9. The molecule has 4 fully saturated rings. The average Bonchev–Trinajstić information content (AvgIpc) is 2.73. The third kappa shape index (κ3) is 3.36. The van der Waals surface area contributed by atoms with Gasteiger partial charge in [0.05, 0.1) is 19.9 Å². The van der Waals surface area contributed by atoms with Gasteiger partial charge in [-0.2, -0.15) is 0 Å². The van der Waals surface area contributed by atoms with Gasteiger partial charge in [0, 0.05) is 12.5 Å². The molecule has 2 unspecified atom stereocenters. The van der Waals surface area contributed by atoms with E-state index in [9.17, 15) is 4.79 Å². The minimum Gasteiger partial charge on any atom is -0.497 e. The molecule has 1 N–H and O–H groups in total. The molecule has 0 spiro atoms. The third-order valence-electron chi connectivity index (χ3n) is 7.78. The summed E-state index contributed by atoms with van der Waals surface area (Å²) in [5.41, 5.74) is 2.55. The first-order valence-corrected chi connectivity index (χ1v) is 11.1. The quantitative estimate of drug-likeness (QED) is 0.683. The Morgan fingerprint density at radius 3 is 2.40 bits per heavy atom. The number of nitrogens with one attached hydrogen (secondary N) is 1. The second-order valence-corrected chi connectivity index (χ2v) is 9.90. The Morgan fingerprint density at radius 2 is 1.73 bits per heavy atom. The molecular formula is C26H31NO3. The summed E-state index contributed by atoms with van der Waals surface area (Å²) in [6.07, 6.45) is 8.05. The number of ether oxygens (including phenoxy) is 2. The molecule has 0 radical (unpaired) electrons. The summed E-state index contributed by atoms with van der Waals surface area (Å²) in [5, 5.41) is 3.12. The van der Waals surface area contributed by atoms with Crippen molar-refractivity contribution in [1.82, 2.24) is 0 Å². The van der Waals surface area contributed by atoms with Crippen LogP contribution in [0.2, 0.25) is 0 Å². The summed E-state index contributed by atoms with van der Waals surface area (Å²) in [7, 11) is 3.26. The van der Waals surface area contributed by atoms with Gasteiger partial charge in [0.15, 0.2) is 0 Å². The van der Waals surface area contributed by atoms with Gasteiger partial charge in [-0.1, -0.05) is 30.3 Å². The molecular weight excluding hydrogens is 374 g/mol. The molecule has 2 aromatic carbocycles. The minimum atomic E-state index is 0.0896. The first kappa shape index (κ1) is 19.5. The Morgan fingerprint density at radius 1 is 1.00 bits per heavy atom. The number of rotatable bonds is 6. The van der Waals surface area contributed by atoms with Crippen molar-refractivity contribution in [3.63, 3.8) is 0 Å². The number of benzene rings is 2. The zero-order chi connectivity index (χ0) is 20.8. The highest BCUT2D eigenvalue weighted by Crippen LogP contribution is 2.66. The molecule has 158 valence electrons. The van der Waals surface area contributed by atoms with Gasteiger partial charge in [-0.15, -0.1) is 0 Å². The molecule has 30 heavy (non-hydrogen) atoms. The van der Waals surface area contributed by atoms with Crippen molar-refractivity contribution in [3.05, 3.63) is 54.1 Å². The van der Waals surface area contributed by atoms with Crippen LogP contribution in [0.3, 0.4) is 0 Å². The van der Waals surface area contributed by atoms with E-state index < -0.39 is 0 Å². The van der Waals surface area contributed by atoms with Crippen LogP contribution in [-0.2, 0) is 10.2 Å². The van der Waals surface area contributed by atoms with Gasteiger partial charge in [0.2, 0.25) is 5.91 Å². The van der Waals surface area contributed by atoms with Gasteiger partial charge in [-0.05, 0) is 78.9 Å². The van der Waals surface area contributed by atoms with Crippen LogP contribution in [0.4, 0.5) is 5.69 Å². The van der Waals surface area contributed by atoms with E-state index in [4.69, 9.17) is 9.47 Å². The molecule has 0 heterocycles. The first-order chi connectivity index (χ1) is 14.5. The van der Waals surface area contributed by atoms with Crippen LogP contribution in [0.15, 0.2) is 48.5 Å². The third-order valence-corrected chi connectivity index (χ3v) is 7.78. The minimum absolute atomic E-state index is 0.0896. The van der Waals surface area contributed by atoms with E-state index in [1.807, 2.05) is 18.2 Å². The number of carbonyl (C=O) groups is 1. The summed E-state index contributed by atoms with van der Waals surface area (Å²) in [4.78, 5) is 13.2. The van der Waals surface area contributed by atoms with Crippen LogP contribution in [0.5, 0.6) is 11.5 Å². The highest BCUT2D eigenvalue weighted by atomic mass is 16.5. The van der Waals surface area contributed by atoms with E-state index in [1.54, 1.807) is 14.2 Å². The lowest BCUT2D eigenvalue weighted by Gasteiger charge is -2.62. The van der Waals surface area contributed by atoms with Gasteiger partial charge < -0.3 is 14.8 Å². The van der Waals surface area contributed by atoms with Gasteiger partial charge in [-0.25, -0.2) is 0 Å². The van der Waals surface area contributed by atoms with Crippen molar-refractivity contribution in [2.45, 2.75) is 50.4 Å². The summed E-state index contributed by atoms with van der Waals surface area (Å²) in [6.45, 7) is 0. The fraction of sp³-hybridized carbons (Fsp3) is 0.500. The highest BCUT2D eigenvalue weighted by molar-refractivity contribution is 5.93. The summed E-state index contributed by atoms with van der Waals surface area (Å²) < 4.78 is 10.8. The van der Waals surface area contributed by atoms with Crippen LogP contribution in [-0.4, -0.2) is 20.1 Å². The molecule has 4 bridgehead atoms. The monoisotopic (exact) mass is 405 g/mol. The largest absolute Gasteiger partial charge is 0.497 e. The van der Waals surface area contributed by atoms with Crippen molar-refractivity contribution < 1.29 is 14.3 Å². The lowest BCUT2D eigenvalue weighted by atomic mass is 9.42. The maximum Gasteiger partial charge on any atom is 0.225 e. The number of amides is 1. The van der Waals surface area contributed by atoms with Gasteiger partial charge in [0.25, 0.3) is 0 Å². The Balaban J connectivity index is 1.38. The van der Waals surface area contributed by atoms with E-state index in [1.165, 1.54) is 37.7 Å². The van der Waals surface area contributed by atoms with E-state index in [2.05, 4.69) is 35.6 Å². The summed E-state index contributed by atoms with van der Waals surface area (Å²) in [5.74, 6) is 2.97. The molecule has 0 aromatic heterocycles. The Hall–Kier alpha value is -2.49. The molecule has 2 aromatic rings. The molecule has 4 saturated carbocycles. The lowest BCUT2D eigenvalue weighted by Crippen LogP contribution is -2.54. The maximum absolute atomic E-state index is 13.2. The van der Waals surface area contributed by atoms with E-state index >= 15 is 0 Å². The van der Waals surface area contributed by atoms with Crippen molar-refractivity contribution in [2.24, 2.45) is 17.3 Å². The van der Waals surface area contributed by atoms with Crippen molar-refractivity contribution in [3.8, 4) is 11.5 Å². The number of hydrogen-bond donors (Lipinski definition) is 1. The molecule has 2 atom stereocenters. The van der Waals surface area contributed by atoms with Crippen LogP contribution >= 0.6 is 0 Å². The Kier molecular flexibility index (Phi) is 4.76. The topological polar surface area (TPSA) is 47.6 Å². The summed E-state index contributed by atoms with van der Waals surface area (Å²) in [6, 6.07) is 16.6. The Bertz CT molecular complexity index is 925. The molecule has 4 aliphatic carbocycles. The predicted molar refractivity (Wildman–Crippen MR) is 118 cm³/mol. The molecule has 4 aliphatic rings. The number of methoxy groups -OCH3 is 2. The molecule has 4 heteroatoms. The van der Waals surface area contributed by atoms with Crippen molar-refractivity contribution in [2.75, 3.05) is 19.5 Å². The number of carbonyl (C=O) groups excluding carboxylic acids is 1. The fourth-order valence-electron chi connectivity index (χ4n) is 7.24. The maximum atomic E-state index is 13.2. The molecule has 1 amide bonds. The fourth-order valence-corrected chi connectivity index (χ4v) is 7.24. The second kappa shape index (κ2) is 7.33.